The van der Waals surface area contributed by atoms with E-state index in [1.165, 1.54) is 11.1 Å². The summed E-state index contributed by atoms with van der Waals surface area (Å²) in [6, 6.07) is 33.9. The first-order valence-corrected chi connectivity index (χ1v) is 12.3. The van der Waals surface area contributed by atoms with E-state index in [0.717, 1.165) is 48.3 Å². The number of carbonyl (C=O) groups excluding carboxylic acids is 1. The van der Waals surface area contributed by atoms with Crippen molar-refractivity contribution in [1.82, 2.24) is 9.80 Å². The molecule has 1 heterocycles. The van der Waals surface area contributed by atoms with Crippen LogP contribution in [0.2, 0.25) is 0 Å². The van der Waals surface area contributed by atoms with Crippen LogP contribution in [0.25, 0.3) is 10.8 Å². The molecule has 4 aromatic carbocycles. The quantitative estimate of drug-likeness (QED) is 0.357. The van der Waals surface area contributed by atoms with Gasteiger partial charge in [0.1, 0.15) is 5.75 Å². The molecule has 0 radical (unpaired) electrons. The molecule has 1 aliphatic rings. The molecule has 178 valence electrons. The molecule has 0 bridgehead atoms. The van der Waals surface area contributed by atoms with Gasteiger partial charge in [0.15, 0.2) is 0 Å². The molecule has 4 aromatic rings. The maximum absolute atomic E-state index is 13.4. The molecule has 4 nitrogen and oxygen atoms in total. The largest absolute Gasteiger partial charge is 0.497 e. The summed E-state index contributed by atoms with van der Waals surface area (Å²) in [4.78, 5) is 18.0. The number of nitrogens with zero attached hydrogens (tertiary/aromatic N) is 2. The van der Waals surface area contributed by atoms with Gasteiger partial charge in [0.05, 0.1) is 19.1 Å². The Morgan fingerprint density at radius 2 is 1.29 bits per heavy atom. The van der Waals surface area contributed by atoms with Gasteiger partial charge in [-0.3, -0.25) is 9.69 Å². The molecule has 0 unspecified atom stereocenters. The Hall–Kier alpha value is -3.63. The summed E-state index contributed by atoms with van der Waals surface area (Å²) in [5.41, 5.74) is 3.64. The Morgan fingerprint density at radius 3 is 1.89 bits per heavy atom. The lowest BCUT2D eigenvalue weighted by molar-refractivity contribution is -0.134. The van der Waals surface area contributed by atoms with Crippen LogP contribution >= 0.6 is 0 Å². The number of hydrogen-bond donors (Lipinski definition) is 0. The lowest BCUT2D eigenvalue weighted by atomic mass is 9.95. The van der Waals surface area contributed by atoms with Gasteiger partial charge in [-0.15, -0.1) is 0 Å². The molecule has 1 amide bonds. The van der Waals surface area contributed by atoms with Crippen LogP contribution in [0.3, 0.4) is 0 Å². The highest BCUT2D eigenvalue weighted by atomic mass is 16.5. The SMILES string of the molecule is COc1ccc2cc([C@H](C)C(=O)N3CCN(C(c4ccccc4)c4ccccc4)CC3)ccc2c1. The molecule has 1 fully saturated rings. The number of carbonyl (C=O) groups is 1. The molecule has 1 atom stereocenters. The molecule has 0 saturated carbocycles. The van der Waals surface area contributed by atoms with E-state index in [0.29, 0.717) is 0 Å². The smallest absolute Gasteiger partial charge is 0.229 e. The third-order valence-corrected chi connectivity index (χ3v) is 7.16. The van der Waals surface area contributed by atoms with Gasteiger partial charge < -0.3 is 9.64 Å². The van der Waals surface area contributed by atoms with Crippen molar-refractivity contribution < 1.29 is 9.53 Å². The van der Waals surface area contributed by atoms with Crippen molar-refractivity contribution in [2.24, 2.45) is 0 Å². The van der Waals surface area contributed by atoms with Crippen molar-refractivity contribution in [3.8, 4) is 5.75 Å². The summed E-state index contributed by atoms with van der Waals surface area (Å²) in [6.07, 6.45) is 0. The molecule has 5 rings (SSSR count). The van der Waals surface area contributed by atoms with Crippen LogP contribution in [0.4, 0.5) is 0 Å². The minimum absolute atomic E-state index is 0.174. The predicted octanol–water partition coefficient (Wildman–Crippen LogP) is 5.89. The average Bonchev–Trinajstić information content (AvgIpc) is 2.93. The molecule has 0 aliphatic carbocycles. The third kappa shape index (κ3) is 4.94. The normalized spacial score (nSPS) is 15.3. The molecule has 0 spiro atoms. The van der Waals surface area contributed by atoms with E-state index >= 15 is 0 Å². The van der Waals surface area contributed by atoms with E-state index in [1.807, 2.05) is 24.0 Å². The second-order valence-corrected chi connectivity index (χ2v) is 9.28. The fourth-order valence-corrected chi connectivity index (χ4v) is 5.14. The third-order valence-electron chi connectivity index (χ3n) is 7.16. The Labute approximate surface area is 207 Å². The number of amides is 1. The summed E-state index contributed by atoms with van der Waals surface area (Å²) in [7, 11) is 1.68. The molecule has 1 saturated heterocycles. The van der Waals surface area contributed by atoms with Gasteiger partial charge in [-0.1, -0.05) is 84.9 Å². The number of ether oxygens (including phenoxy) is 1. The summed E-state index contributed by atoms with van der Waals surface area (Å²) in [5.74, 6) is 0.872. The molecule has 0 aromatic heterocycles. The number of benzene rings is 4. The summed E-state index contributed by atoms with van der Waals surface area (Å²) >= 11 is 0. The first-order valence-electron chi connectivity index (χ1n) is 12.3. The zero-order valence-electron chi connectivity index (χ0n) is 20.4. The first kappa shape index (κ1) is 23.1. The molecular weight excluding hydrogens is 432 g/mol. The average molecular weight is 465 g/mol. The van der Waals surface area contributed by atoms with Crippen LogP contribution < -0.4 is 4.74 Å². The Balaban J connectivity index is 1.29. The van der Waals surface area contributed by atoms with Gasteiger partial charge in [-0.05, 0) is 46.5 Å². The van der Waals surface area contributed by atoms with Crippen LogP contribution in [-0.4, -0.2) is 49.0 Å². The zero-order valence-corrected chi connectivity index (χ0v) is 20.4. The number of hydrogen-bond acceptors (Lipinski definition) is 3. The van der Waals surface area contributed by atoms with Crippen molar-refractivity contribution in [3.63, 3.8) is 0 Å². The van der Waals surface area contributed by atoms with Crippen LogP contribution in [0.15, 0.2) is 97.1 Å². The van der Waals surface area contributed by atoms with Gasteiger partial charge >= 0.3 is 0 Å². The highest BCUT2D eigenvalue weighted by molar-refractivity contribution is 5.88. The number of fused-ring (bicyclic) bond motifs is 1. The summed E-state index contributed by atoms with van der Waals surface area (Å²) < 4.78 is 5.33. The number of methoxy groups -OCH3 is 1. The fourth-order valence-electron chi connectivity index (χ4n) is 5.14. The maximum Gasteiger partial charge on any atom is 0.229 e. The summed E-state index contributed by atoms with van der Waals surface area (Å²) in [5, 5.41) is 2.25. The van der Waals surface area contributed by atoms with E-state index < -0.39 is 0 Å². The zero-order chi connectivity index (χ0) is 24.2. The van der Waals surface area contributed by atoms with Crippen molar-refractivity contribution in [2.45, 2.75) is 18.9 Å². The van der Waals surface area contributed by atoms with E-state index in [9.17, 15) is 4.79 Å². The topological polar surface area (TPSA) is 32.8 Å². The minimum atomic E-state index is -0.174. The summed E-state index contributed by atoms with van der Waals surface area (Å²) in [6.45, 7) is 5.21. The first-order chi connectivity index (χ1) is 17.1. The van der Waals surface area contributed by atoms with Crippen LogP contribution in [0, 0.1) is 0 Å². The van der Waals surface area contributed by atoms with E-state index in [4.69, 9.17) is 4.74 Å². The lowest BCUT2D eigenvalue weighted by Gasteiger charge is -2.40. The van der Waals surface area contributed by atoms with Crippen LogP contribution in [0.1, 0.15) is 35.6 Å². The Morgan fingerprint density at radius 1 is 0.714 bits per heavy atom. The van der Waals surface area contributed by atoms with Crippen molar-refractivity contribution in [1.29, 1.82) is 0 Å². The Bertz CT molecular complexity index is 1240. The highest BCUT2D eigenvalue weighted by Gasteiger charge is 2.30. The lowest BCUT2D eigenvalue weighted by Crippen LogP contribution is -2.50. The molecule has 4 heteroatoms. The van der Waals surface area contributed by atoms with E-state index in [2.05, 4.69) is 89.8 Å². The fraction of sp³-hybridized carbons (Fsp3) is 0.258. The van der Waals surface area contributed by atoms with Crippen molar-refractivity contribution >= 4 is 16.7 Å². The molecular formula is C31H32N2O2. The maximum atomic E-state index is 13.4. The van der Waals surface area contributed by atoms with Gasteiger partial charge in [0.2, 0.25) is 5.91 Å². The number of piperazine rings is 1. The standard InChI is InChI=1S/C31H32N2O2/c1-23(26-13-14-28-22-29(35-2)16-15-27(28)21-26)31(34)33-19-17-32(18-20-33)30(24-9-5-3-6-10-24)25-11-7-4-8-12-25/h3-16,21-23,30H,17-20H2,1-2H3/t23-/m0/s1. The second-order valence-electron chi connectivity index (χ2n) is 9.28. The van der Waals surface area contributed by atoms with Crippen LogP contribution in [-0.2, 0) is 4.79 Å². The van der Waals surface area contributed by atoms with E-state index in [-0.39, 0.29) is 17.9 Å². The van der Waals surface area contributed by atoms with Gasteiger partial charge in [-0.25, -0.2) is 0 Å². The highest BCUT2D eigenvalue weighted by Crippen LogP contribution is 2.31. The van der Waals surface area contributed by atoms with E-state index in [1.54, 1.807) is 7.11 Å². The number of rotatable bonds is 6. The Kier molecular flexibility index (Phi) is 6.82. The van der Waals surface area contributed by atoms with Crippen molar-refractivity contribution in [3.05, 3.63) is 114 Å². The van der Waals surface area contributed by atoms with Gasteiger partial charge in [0, 0.05) is 26.2 Å². The molecule has 1 aliphatic heterocycles. The second kappa shape index (κ2) is 10.3. The monoisotopic (exact) mass is 464 g/mol. The van der Waals surface area contributed by atoms with Gasteiger partial charge in [-0.2, -0.15) is 0 Å². The molecule has 0 N–H and O–H groups in total. The molecule has 35 heavy (non-hydrogen) atoms. The predicted molar refractivity (Wildman–Crippen MR) is 142 cm³/mol. The minimum Gasteiger partial charge on any atom is -0.497 e. The van der Waals surface area contributed by atoms with Gasteiger partial charge in [0.25, 0.3) is 0 Å². The van der Waals surface area contributed by atoms with Crippen molar-refractivity contribution in [2.75, 3.05) is 33.3 Å². The van der Waals surface area contributed by atoms with Crippen LogP contribution in [0.5, 0.6) is 5.75 Å².